The van der Waals surface area contributed by atoms with Gasteiger partial charge in [0.1, 0.15) is 0 Å². The first kappa shape index (κ1) is 20.1. The molecule has 148 valence electrons. The summed E-state index contributed by atoms with van der Waals surface area (Å²) >= 11 is 0. The highest BCUT2D eigenvalue weighted by molar-refractivity contribution is 5.80. The maximum absolute atomic E-state index is 12.1. The third kappa shape index (κ3) is 4.27. The Morgan fingerprint density at radius 2 is 1.85 bits per heavy atom. The summed E-state index contributed by atoms with van der Waals surface area (Å²) in [7, 11) is 0. The van der Waals surface area contributed by atoms with Crippen molar-refractivity contribution in [2.24, 2.45) is 5.92 Å². The predicted octanol–water partition coefficient (Wildman–Crippen LogP) is 4.29. The largest absolute Gasteiger partial charge is 0.479 e. The maximum atomic E-state index is 12.1. The smallest absolute Gasteiger partial charge is 0.340 e. The van der Waals surface area contributed by atoms with Crippen LogP contribution in [0.1, 0.15) is 69.4 Å². The number of rotatable bonds is 7. The zero-order valence-electron chi connectivity index (χ0n) is 16.7. The highest BCUT2D eigenvalue weighted by atomic mass is 16.4. The van der Waals surface area contributed by atoms with Crippen molar-refractivity contribution < 1.29 is 15.0 Å². The van der Waals surface area contributed by atoms with Crippen LogP contribution in [0.25, 0.3) is 0 Å². The van der Waals surface area contributed by atoms with Crippen LogP contribution in [0.2, 0.25) is 0 Å². The standard InChI is InChI=1S/C23H33NO3/c1-17(2)7-6-14-24-15-12-18(13-16-24)20-10-3-4-11-21(20)23(27,22(25)26)19-8-5-9-19/h3-4,7,10-11,18-19,27H,5-6,8-9,12-16H2,1-2H3,(H,25,26). The Labute approximate surface area is 162 Å². The normalized spacial score (nSPS) is 21.3. The van der Waals surface area contributed by atoms with Crippen LogP contribution < -0.4 is 0 Å². The second-order valence-electron chi connectivity index (χ2n) is 8.47. The Bertz CT molecular complexity index is 683. The van der Waals surface area contributed by atoms with Crippen LogP contribution in [0.4, 0.5) is 0 Å². The third-order valence-electron chi connectivity index (χ3n) is 6.42. The van der Waals surface area contributed by atoms with Crippen molar-refractivity contribution in [2.45, 2.75) is 63.9 Å². The van der Waals surface area contributed by atoms with Crippen LogP contribution in [-0.4, -0.2) is 40.7 Å². The molecule has 27 heavy (non-hydrogen) atoms. The number of aliphatic hydroxyl groups is 1. The minimum absolute atomic E-state index is 0.166. The Morgan fingerprint density at radius 1 is 1.19 bits per heavy atom. The molecule has 1 atom stereocenters. The van der Waals surface area contributed by atoms with E-state index in [0.717, 1.165) is 63.7 Å². The van der Waals surface area contributed by atoms with Gasteiger partial charge in [-0.3, -0.25) is 0 Å². The molecule has 1 aliphatic heterocycles. The number of aliphatic carboxylic acids is 1. The number of likely N-dealkylation sites (tertiary alicyclic amines) is 1. The SMILES string of the molecule is CC(C)=CCCN1CCC(c2ccccc2C(O)(C(=O)O)C2CCC2)CC1. The molecule has 1 saturated carbocycles. The number of benzene rings is 1. The van der Waals surface area contributed by atoms with Crippen molar-refractivity contribution in [1.82, 2.24) is 4.90 Å². The molecular formula is C23H33NO3. The molecule has 2 N–H and O–H groups in total. The second-order valence-corrected chi connectivity index (χ2v) is 8.47. The van der Waals surface area contributed by atoms with Crippen LogP contribution in [0.3, 0.4) is 0 Å². The summed E-state index contributed by atoms with van der Waals surface area (Å²) in [6.07, 6.45) is 8.00. The molecule has 1 aromatic carbocycles. The molecule has 3 rings (SSSR count). The van der Waals surface area contributed by atoms with Crippen molar-refractivity contribution in [3.05, 3.63) is 47.0 Å². The van der Waals surface area contributed by atoms with E-state index in [2.05, 4.69) is 24.8 Å². The zero-order valence-corrected chi connectivity index (χ0v) is 16.7. The molecule has 1 aromatic rings. The lowest BCUT2D eigenvalue weighted by Crippen LogP contribution is -2.47. The van der Waals surface area contributed by atoms with Gasteiger partial charge in [-0.05, 0) is 76.1 Å². The van der Waals surface area contributed by atoms with Crippen molar-refractivity contribution in [2.75, 3.05) is 19.6 Å². The Morgan fingerprint density at radius 3 is 2.41 bits per heavy atom. The van der Waals surface area contributed by atoms with E-state index in [1.807, 2.05) is 24.3 Å². The summed E-state index contributed by atoms with van der Waals surface area (Å²) in [5, 5.41) is 21.1. The van der Waals surface area contributed by atoms with Gasteiger partial charge in [0, 0.05) is 12.5 Å². The fourth-order valence-corrected chi connectivity index (χ4v) is 4.54. The molecule has 0 spiro atoms. The van der Waals surface area contributed by atoms with Gasteiger partial charge >= 0.3 is 5.97 Å². The predicted molar refractivity (Wildman–Crippen MR) is 108 cm³/mol. The average molecular weight is 372 g/mol. The van der Waals surface area contributed by atoms with Gasteiger partial charge in [0.05, 0.1) is 0 Å². The summed E-state index contributed by atoms with van der Waals surface area (Å²) in [6.45, 7) is 7.42. The van der Waals surface area contributed by atoms with Crippen LogP contribution in [0.5, 0.6) is 0 Å². The van der Waals surface area contributed by atoms with Crippen LogP contribution in [0.15, 0.2) is 35.9 Å². The molecule has 2 aliphatic rings. The number of carbonyl (C=O) groups is 1. The molecule has 4 nitrogen and oxygen atoms in total. The van der Waals surface area contributed by atoms with E-state index in [-0.39, 0.29) is 5.92 Å². The molecule has 0 radical (unpaired) electrons. The number of carboxylic acid groups (broad SMARTS) is 1. The number of hydrogen-bond acceptors (Lipinski definition) is 3. The van der Waals surface area contributed by atoms with Crippen LogP contribution in [0, 0.1) is 5.92 Å². The number of hydrogen-bond donors (Lipinski definition) is 2. The van der Waals surface area contributed by atoms with Gasteiger partial charge in [0.2, 0.25) is 0 Å². The fourth-order valence-electron chi connectivity index (χ4n) is 4.54. The van der Waals surface area contributed by atoms with Gasteiger partial charge in [0.15, 0.2) is 5.60 Å². The van der Waals surface area contributed by atoms with Crippen molar-refractivity contribution >= 4 is 5.97 Å². The van der Waals surface area contributed by atoms with E-state index in [0.29, 0.717) is 11.5 Å². The minimum Gasteiger partial charge on any atom is -0.479 e. The molecule has 1 unspecified atom stereocenters. The number of piperidine rings is 1. The molecular weight excluding hydrogens is 338 g/mol. The summed E-state index contributed by atoms with van der Waals surface area (Å²) in [4.78, 5) is 14.5. The summed E-state index contributed by atoms with van der Waals surface area (Å²) in [5.41, 5.74) is 1.29. The lowest BCUT2D eigenvalue weighted by atomic mass is 9.67. The molecule has 4 heteroatoms. The molecule has 0 amide bonds. The molecule has 1 heterocycles. The lowest BCUT2D eigenvalue weighted by molar-refractivity contribution is -0.171. The van der Waals surface area contributed by atoms with Crippen LogP contribution in [-0.2, 0) is 10.4 Å². The van der Waals surface area contributed by atoms with E-state index in [1.165, 1.54) is 5.57 Å². The van der Waals surface area contributed by atoms with E-state index in [1.54, 1.807) is 0 Å². The molecule has 0 bridgehead atoms. The quantitative estimate of drug-likeness (QED) is 0.702. The first-order chi connectivity index (χ1) is 12.9. The van der Waals surface area contributed by atoms with Crippen molar-refractivity contribution in [3.63, 3.8) is 0 Å². The van der Waals surface area contributed by atoms with Crippen LogP contribution >= 0.6 is 0 Å². The highest BCUT2D eigenvalue weighted by Crippen LogP contribution is 2.45. The van der Waals surface area contributed by atoms with Gasteiger partial charge in [-0.1, -0.05) is 42.3 Å². The fraction of sp³-hybridized carbons (Fsp3) is 0.609. The van der Waals surface area contributed by atoms with Crippen molar-refractivity contribution in [3.8, 4) is 0 Å². The molecule has 1 aliphatic carbocycles. The molecule has 2 fully saturated rings. The molecule has 0 aromatic heterocycles. The van der Waals surface area contributed by atoms with Gasteiger partial charge < -0.3 is 15.1 Å². The third-order valence-corrected chi connectivity index (χ3v) is 6.42. The monoisotopic (exact) mass is 371 g/mol. The first-order valence-corrected chi connectivity index (χ1v) is 10.3. The van der Waals surface area contributed by atoms with Crippen molar-refractivity contribution in [1.29, 1.82) is 0 Å². The summed E-state index contributed by atoms with van der Waals surface area (Å²) < 4.78 is 0. The second kappa shape index (κ2) is 8.57. The molecule has 1 saturated heterocycles. The topological polar surface area (TPSA) is 60.8 Å². The number of carboxylic acids is 1. The lowest BCUT2D eigenvalue weighted by Gasteiger charge is -2.41. The van der Waals surface area contributed by atoms with Gasteiger partial charge in [-0.2, -0.15) is 0 Å². The van der Waals surface area contributed by atoms with Gasteiger partial charge in [0.25, 0.3) is 0 Å². The number of nitrogens with zero attached hydrogens (tertiary/aromatic N) is 1. The Kier molecular flexibility index (Phi) is 6.38. The maximum Gasteiger partial charge on any atom is 0.340 e. The minimum atomic E-state index is -1.74. The Balaban J connectivity index is 1.73. The van der Waals surface area contributed by atoms with E-state index < -0.39 is 11.6 Å². The van der Waals surface area contributed by atoms with E-state index in [9.17, 15) is 15.0 Å². The van der Waals surface area contributed by atoms with Gasteiger partial charge in [-0.25, -0.2) is 4.79 Å². The highest BCUT2D eigenvalue weighted by Gasteiger charge is 2.49. The summed E-state index contributed by atoms with van der Waals surface area (Å²) in [6, 6.07) is 7.71. The van der Waals surface area contributed by atoms with E-state index >= 15 is 0 Å². The zero-order chi connectivity index (χ0) is 19.4. The summed E-state index contributed by atoms with van der Waals surface area (Å²) in [5.74, 6) is -0.939. The van der Waals surface area contributed by atoms with Gasteiger partial charge in [-0.15, -0.1) is 0 Å². The number of allylic oxidation sites excluding steroid dienone is 1. The first-order valence-electron chi connectivity index (χ1n) is 10.3. The van der Waals surface area contributed by atoms with E-state index in [4.69, 9.17) is 0 Å². The Hall–Kier alpha value is -1.65. The average Bonchev–Trinajstić information content (AvgIpc) is 2.60.